The maximum Gasteiger partial charge on any atom is 0.220 e. The quantitative estimate of drug-likeness (QED) is 0.0420. The third-order valence-electron chi connectivity index (χ3n) is 15.5. The molecule has 0 aromatic heterocycles. The lowest BCUT2D eigenvalue weighted by molar-refractivity contribution is -0.123. The van der Waals surface area contributed by atoms with Crippen LogP contribution >= 0.6 is 0 Å². The molecule has 0 bridgehead atoms. The van der Waals surface area contributed by atoms with Crippen LogP contribution in [0.4, 0.5) is 0 Å². The summed E-state index contributed by atoms with van der Waals surface area (Å²) in [5.41, 5.74) is 0. The van der Waals surface area contributed by atoms with Crippen molar-refractivity contribution in [2.24, 2.45) is 0 Å². The van der Waals surface area contributed by atoms with Crippen molar-refractivity contribution in [2.45, 2.75) is 360 Å². The molecule has 0 radical (unpaired) electrons. The number of unbranched alkanes of at least 4 members (excludes halogenated alkanes) is 42. The molecule has 0 aliphatic heterocycles. The Morgan fingerprint density at radius 1 is 0.321 bits per heavy atom. The number of amides is 1. The zero-order valence-electron chi connectivity index (χ0n) is 52.2. The maximum atomic E-state index is 12.5. The van der Waals surface area contributed by atoms with E-state index in [1.54, 1.807) is 6.08 Å². The first-order valence-electron chi connectivity index (χ1n) is 34.5. The molecule has 0 rings (SSSR count). The minimum absolute atomic E-state index is 0.0752. The molecule has 452 valence electrons. The zero-order valence-corrected chi connectivity index (χ0v) is 52.2. The van der Waals surface area contributed by atoms with Crippen LogP contribution in [-0.2, 0) is 4.79 Å². The number of aliphatic hydroxyl groups excluding tert-OH is 2. The number of nitrogens with one attached hydrogen (secondary N) is 1. The Morgan fingerprint density at radius 2 is 0.577 bits per heavy atom. The van der Waals surface area contributed by atoms with E-state index in [0.29, 0.717) is 6.42 Å². The Kier molecular flexibility index (Phi) is 66.2. The Hall–Kier alpha value is -2.69. The molecular weight excluding hydrogens is 951 g/mol. The van der Waals surface area contributed by atoms with Gasteiger partial charge in [-0.15, -0.1) is 0 Å². The summed E-state index contributed by atoms with van der Waals surface area (Å²) in [5, 5.41) is 23.3. The molecule has 0 aliphatic carbocycles. The summed E-state index contributed by atoms with van der Waals surface area (Å²) in [5.74, 6) is -0.0752. The number of allylic oxidation sites excluding steroid dienone is 15. The van der Waals surface area contributed by atoms with Gasteiger partial charge in [-0.25, -0.2) is 0 Å². The monoisotopic (exact) mass is 1080 g/mol. The topological polar surface area (TPSA) is 69.6 Å². The number of hydrogen-bond donors (Lipinski definition) is 3. The predicted octanol–water partition coefficient (Wildman–Crippen LogP) is 23.6. The third kappa shape index (κ3) is 64.1. The number of hydrogen-bond acceptors (Lipinski definition) is 3. The Morgan fingerprint density at radius 3 is 0.897 bits per heavy atom. The van der Waals surface area contributed by atoms with E-state index in [1.165, 1.54) is 257 Å². The molecular formula is C74H133NO3. The van der Waals surface area contributed by atoms with Crippen molar-refractivity contribution in [3.63, 3.8) is 0 Å². The van der Waals surface area contributed by atoms with Crippen molar-refractivity contribution in [2.75, 3.05) is 6.61 Å². The van der Waals surface area contributed by atoms with Gasteiger partial charge in [0.1, 0.15) is 0 Å². The van der Waals surface area contributed by atoms with Crippen molar-refractivity contribution in [3.8, 4) is 0 Å². The van der Waals surface area contributed by atoms with E-state index < -0.39 is 12.1 Å². The van der Waals surface area contributed by atoms with Gasteiger partial charge in [-0.2, -0.15) is 0 Å². The van der Waals surface area contributed by atoms with Crippen LogP contribution in [-0.4, -0.2) is 34.9 Å². The van der Waals surface area contributed by atoms with E-state index in [9.17, 15) is 15.0 Å². The average molecular weight is 1080 g/mol. The van der Waals surface area contributed by atoms with Crippen LogP contribution in [0.25, 0.3) is 0 Å². The van der Waals surface area contributed by atoms with Gasteiger partial charge in [0.15, 0.2) is 0 Å². The van der Waals surface area contributed by atoms with E-state index in [1.807, 2.05) is 6.08 Å². The van der Waals surface area contributed by atoms with Gasteiger partial charge >= 0.3 is 0 Å². The summed E-state index contributed by atoms with van der Waals surface area (Å²) in [6.07, 6.45) is 102. The van der Waals surface area contributed by atoms with E-state index in [0.717, 1.165) is 70.6 Å². The Labute approximate surface area is 487 Å². The molecule has 1 amide bonds. The normalized spacial score (nSPS) is 13.3. The van der Waals surface area contributed by atoms with Gasteiger partial charge in [0, 0.05) is 6.42 Å². The number of carbonyl (C=O) groups is 1. The summed E-state index contributed by atoms with van der Waals surface area (Å²) in [6.45, 7) is 4.21. The summed E-state index contributed by atoms with van der Waals surface area (Å²) in [4.78, 5) is 12.5. The lowest BCUT2D eigenvalue weighted by Gasteiger charge is -2.19. The van der Waals surface area contributed by atoms with Crippen molar-refractivity contribution in [1.82, 2.24) is 5.32 Å². The summed E-state index contributed by atoms with van der Waals surface area (Å²) >= 11 is 0. The average Bonchev–Trinajstić information content (AvgIpc) is 3.44. The van der Waals surface area contributed by atoms with Gasteiger partial charge in [-0.1, -0.05) is 349 Å². The van der Waals surface area contributed by atoms with Crippen molar-refractivity contribution >= 4 is 5.91 Å². The Bertz CT molecular complexity index is 1420. The van der Waals surface area contributed by atoms with Crippen molar-refractivity contribution < 1.29 is 15.0 Å². The second-order valence-corrected chi connectivity index (χ2v) is 23.2. The minimum Gasteiger partial charge on any atom is -0.394 e. The van der Waals surface area contributed by atoms with E-state index in [-0.39, 0.29) is 12.5 Å². The molecule has 0 aromatic rings. The van der Waals surface area contributed by atoms with Crippen molar-refractivity contribution in [3.05, 3.63) is 97.2 Å². The van der Waals surface area contributed by atoms with Crippen LogP contribution in [0.3, 0.4) is 0 Å². The fraction of sp³-hybridized carbons (Fsp3) is 0.770. The zero-order chi connectivity index (χ0) is 56.2. The summed E-state index contributed by atoms with van der Waals surface area (Å²) in [7, 11) is 0. The molecule has 0 aromatic carbocycles. The van der Waals surface area contributed by atoms with Crippen LogP contribution in [0.1, 0.15) is 348 Å². The maximum absolute atomic E-state index is 12.5. The van der Waals surface area contributed by atoms with Crippen LogP contribution < -0.4 is 5.32 Å². The third-order valence-corrected chi connectivity index (χ3v) is 15.5. The first-order valence-corrected chi connectivity index (χ1v) is 34.5. The summed E-state index contributed by atoms with van der Waals surface area (Å²) in [6, 6.07) is -0.651. The van der Waals surface area contributed by atoms with E-state index in [4.69, 9.17) is 0 Å². The summed E-state index contributed by atoms with van der Waals surface area (Å²) < 4.78 is 0. The van der Waals surface area contributed by atoms with E-state index >= 15 is 0 Å². The molecule has 0 spiro atoms. The molecule has 0 aliphatic rings. The molecule has 0 saturated carbocycles. The fourth-order valence-electron chi connectivity index (χ4n) is 10.4. The van der Waals surface area contributed by atoms with Gasteiger partial charge in [-0.05, 0) is 89.9 Å². The standard InChI is InChI=1S/C74H133NO3/c1-3-5-7-9-11-13-15-17-19-21-23-25-27-29-31-33-35-36-37-38-40-42-44-46-48-50-52-54-56-58-60-62-64-66-68-70-74(78)75-72(71-76)73(77)69-67-65-63-61-59-57-55-53-51-49-47-45-43-41-39-34-32-30-28-26-24-22-20-18-16-14-12-10-8-6-4-2/h5,7,11,13,17,19,23,25,29,31,51,53,59,61,67,69,72-73,76-77H,3-4,6,8-10,12,14-16,18,20-22,24,26-28,30,32-50,52,54-58,60,62-66,68,70-71H2,1-2H3,(H,75,78)/b7-5-,13-11-,19-17-,25-23-,31-29-,53-51+,61-59+,69-67+. The second kappa shape index (κ2) is 68.6. The van der Waals surface area contributed by atoms with Gasteiger partial charge in [0.25, 0.3) is 0 Å². The molecule has 4 heteroatoms. The van der Waals surface area contributed by atoms with Gasteiger partial charge in [-0.3, -0.25) is 4.79 Å². The number of aliphatic hydroxyl groups is 2. The molecule has 2 unspecified atom stereocenters. The van der Waals surface area contributed by atoms with Gasteiger partial charge in [0.2, 0.25) is 5.91 Å². The van der Waals surface area contributed by atoms with Gasteiger partial charge in [0.05, 0.1) is 18.8 Å². The highest BCUT2D eigenvalue weighted by Gasteiger charge is 2.18. The first-order chi connectivity index (χ1) is 38.7. The smallest absolute Gasteiger partial charge is 0.220 e. The lowest BCUT2D eigenvalue weighted by atomic mass is 10.0. The highest BCUT2D eigenvalue weighted by molar-refractivity contribution is 5.76. The molecule has 0 saturated heterocycles. The first kappa shape index (κ1) is 75.3. The highest BCUT2D eigenvalue weighted by atomic mass is 16.3. The number of rotatable bonds is 63. The molecule has 0 heterocycles. The lowest BCUT2D eigenvalue weighted by Crippen LogP contribution is -2.45. The molecule has 2 atom stereocenters. The minimum atomic E-state index is -0.876. The van der Waals surface area contributed by atoms with Gasteiger partial charge < -0.3 is 15.5 Å². The second-order valence-electron chi connectivity index (χ2n) is 23.2. The molecule has 3 N–H and O–H groups in total. The largest absolute Gasteiger partial charge is 0.394 e. The van der Waals surface area contributed by atoms with Crippen LogP contribution in [0.2, 0.25) is 0 Å². The Balaban J connectivity index is 3.51. The van der Waals surface area contributed by atoms with Crippen LogP contribution in [0, 0.1) is 0 Å². The fourth-order valence-corrected chi connectivity index (χ4v) is 10.4. The predicted molar refractivity (Wildman–Crippen MR) is 350 cm³/mol. The molecule has 78 heavy (non-hydrogen) atoms. The van der Waals surface area contributed by atoms with Crippen LogP contribution in [0.15, 0.2) is 97.2 Å². The van der Waals surface area contributed by atoms with E-state index in [2.05, 4.69) is 104 Å². The molecule has 4 nitrogen and oxygen atoms in total. The number of carbonyl (C=O) groups excluding carboxylic acids is 1. The van der Waals surface area contributed by atoms with Crippen LogP contribution in [0.5, 0.6) is 0 Å². The molecule has 0 fully saturated rings. The van der Waals surface area contributed by atoms with Crippen molar-refractivity contribution in [1.29, 1.82) is 0 Å². The SMILES string of the molecule is CC/C=C\C/C=C\C/C=C\C/C=C\C/C=C\CCCCCCCCCCCCCCCCCCCCCC(=O)NC(CO)C(O)/C=C/CC/C=C/CC/C=C/CCCCCCCCCCCCCCCCCCCCCCC. The highest BCUT2D eigenvalue weighted by Crippen LogP contribution is 2.18.